The van der Waals surface area contributed by atoms with Crippen molar-refractivity contribution >= 4 is 8.32 Å². The average Bonchev–Trinajstić information content (AvgIpc) is 2.90. The molecule has 0 aliphatic heterocycles. The van der Waals surface area contributed by atoms with Gasteiger partial charge in [0.15, 0.2) is 8.32 Å². The molecule has 0 rings (SSSR count). The second-order valence-electron chi connectivity index (χ2n) is 18.9. The van der Waals surface area contributed by atoms with E-state index < -0.39 is 8.32 Å². The van der Waals surface area contributed by atoms with Crippen molar-refractivity contribution in [3.05, 3.63) is 0 Å². The quantitative estimate of drug-likeness (QED) is 0.0614. The third kappa shape index (κ3) is 35.0. The Labute approximate surface area is 282 Å². The van der Waals surface area contributed by atoms with Crippen LogP contribution in [0.25, 0.3) is 0 Å². The lowest BCUT2D eigenvalue weighted by molar-refractivity contribution is 0.356. The van der Waals surface area contributed by atoms with Crippen LogP contribution in [0, 0.1) is 16.2 Å². The lowest BCUT2D eigenvalue weighted by Crippen LogP contribution is -2.34. The summed E-state index contributed by atoms with van der Waals surface area (Å²) in [6, 6.07) is 3.54. The first-order valence-electron chi connectivity index (χ1n) is 20.3. The molecule has 2 heteroatoms. The van der Waals surface area contributed by atoms with Gasteiger partial charge < -0.3 is 4.80 Å². The fourth-order valence-electron chi connectivity index (χ4n) is 6.89. The van der Waals surface area contributed by atoms with Crippen molar-refractivity contribution in [2.75, 3.05) is 0 Å². The molecule has 266 valence electrons. The average molecular weight is 637 g/mol. The van der Waals surface area contributed by atoms with Crippen LogP contribution in [-0.4, -0.2) is 13.1 Å². The molecule has 0 fully saturated rings. The zero-order valence-electron chi connectivity index (χ0n) is 32.7. The maximum Gasteiger partial charge on any atom is 0.188 e. The topological polar surface area (TPSA) is 20.2 Å². The molecule has 0 radical (unpaired) electrons. The molecule has 0 unspecified atom stereocenters. The monoisotopic (exact) mass is 637 g/mol. The zero-order chi connectivity index (χ0) is 33.2. The predicted molar refractivity (Wildman–Crippen MR) is 205 cm³/mol. The highest BCUT2D eigenvalue weighted by Crippen LogP contribution is 2.29. The van der Waals surface area contributed by atoms with E-state index in [-0.39, 0.29) is 0 Å². The standard InChI is InChI=1S/C42H88OSi/c1-40(2,3)34-28-22-16-10-13-19-25-31-37-44(43,38-32-26-20-14-11-17-23-29-35-41(4,5)6)39-33-27-21-15-12-18-24-30-36-42(7,8)9/h43H,10-39H2,1-9H3. The van der Waals surface area contributed by atoms with Crippen molar-refractivity contribution in [1.29, 1.82) is 0 Å². The second-order valence-corrected chi connectivity index (χ2v) is 22.8. The predicted octanol–water partition coefficient (Wildman–Crippen LogP) is 15.6. The Morgan fingerprint density at radius 1 is 0.273 bits per heavy atom. The van der Waals surface area contributed by atoms with Crippen LogP contribution in [0.2, 0.25) is 18.1 Å². The van der Waals surface area contributed by atoms with Gasteiger partial charge in [0, 0.05) is 0 Å². The normalized spacial score (nSPS) is 13.2. The third-order valence-corrected chi connectivity index (χ3v) is 13.8. The van der Waals surface area contributed by atoms with Gasteiger partial charge in [-0.25, -0.2) is 0 Å². The maximum absolute atomic E-state index is 11.8. The molecule has 0 aromatic heterocycles. The molecule has 0 heterocycles. The minimum Gasteiger partial charge on any atom is -0.432 e. The smallest absolute Gasteiger partial charge is 0.188 e. The molecule has 0 saturated carbocycles. The molecule has 0 saturated heterocycles. The van der Waals surface area contributed by atoms with E-state index in [0.29, 0.717) is 16.2 Å². The van der Waals surface area contributed by atoms with Gasteiger partial charge in [0.05, 0.1) is 0 Å². The Balaban J connectivity index is 4.19. The van der Waals surface area contributed by atoms with Gasteiger partial charge in [0.1, 0.15) is 0 Å². The van der Waals surface area contributed by atoms with Gasteiger partial charge in [-0.05, 0) is 53.6 Å². The van der Waals surface area contributed by atoms with Crippen LogP contribution >= 0.6 is 0 Å². The molecule has 0 bridgehead atoms. The maximum atomic E-state index is 11.8. The molecule has 0 aliphatic rings. The van der Waals surface area contributed by atoms with Gasteiger partial charge in [-0.2, -0.15) is 0 Å². The van der Waals surface area contributed by atoms with Crippen LogP contribution in [0.1, 0.15) is 236 Å². The number of hydrogen-bond donors (Lipinski definition) is 1. The fourth-order valence-corrected chi connectivity index (χ4v) is 10.4. The number of hydrogen-bond acceptors (Lipinski definition) is 1. The molecule has 0 atom stereocenters. The minimum absolute atomic E-state index is 0.498. The second kappa shape index (κ2) is 26.2. The molecule has 0 aromatic rings. The summed E-state index contributed by atoms with van der Waals surface area (Å²) >= 11 is 0. The van der Waals surface area contributed by atoms with E-state index in [0.717, 1.165) is 0 Å². The van der Waals surface area contributed by atoms with E-state index in [1.54, 1.807) is 0 Å². The number of unbranched alkanes of at least 4 members (excludes halogenated alkanes) is 21. The molecule has 0 aliphatic carbocycles. The van der Waals surface area contributed by atoms with Crippen molar-refractivity contribution < 1.29 is 4.80 Å². The first-order chi connectivity index (χ1) is 20.6. The van der Waals surface area contributed by atoms with E-state index in [1.807, 2.05) is 0 Å². The molecule has 0 aromatic carbocycles. The van der Waals surface area contributed by atoms with Crippen molar-refractivity contribution in [3.8, 4) is 0 Å². The van der Waals surface area contributed by atoms with E-state index in [1.165, 1.54) is 191 Å². The lowest BCUT2D eigenvalue weighted by Gasteiger charge is -2.25. The first-order valence-corrected chi connectivity index (χ1v) is 22.9. The SMILES string of the molecule is CC(C)(C)CCCCCCCCCC[Si](O)(CCCCCCCCCCC(C)(C)C)CCCCCCCCCCC(C)(C)C. The van der Waals surface area contributed by atoms with Gasteiger partial charge in [-0.3, -0.25) is 0 Å². The summed E-state index contributed by atoms with van der Waals surface area (Å²) in [6.45, 7) is 21.3. The minimum atomic E-state index is -2.06. The van der Waals surface area contributed by atoms with Crippen molar-refractivity contribution in [1.82, 2.24) is 0 Å². The Morgan fingerprint density at radius 3 is 0.614 bits per heavy atom. The van der Waals surface area contributed by atoms with Gasteiger partial charge in [-0.1, -0.05) is 216 Å². The first kappa shape index (κ1) is 44.2. The Hall–Kier alpha value is 0.177. The molecule has 1 N–H and O–H groups in total. The van der Waals surface area contributed by atoms with Crippen LogP contribution in [0.3, 0.4) is 0 Å². The van der Waals surface area contributed by atoms with E-state index in [9.17, 15) is 4.80 Å². The van der Waals surface area contributed by atoms with E-state index in [4.69, 9.17) is 0 Å². The van der Waals surface area contributed by atoms with Gasteiger partial charge in [0.25, 0.3) is 0 Å². The summed E-state index contributed by atoms with van der Waals surface area (Å²) in [7, 11) is -2.06. The van der Waals surface area contributed by atoms with Crippen molar-refractivity contribution in [3.63, 3.8) is 0 Å². The molecule has 0 spiro atoms. The molecule has 1 nitrogen and oxygen atoms in total. The molecular weight excluding hydrogens is 549 g/mol. The van der Waals surface area contributed by atoms with Crippen LogP contribution in [0.15, 0.2) is 0 Å². The summed E-state index contributed by atoms with van der Waals surface area (Å²) in [5, 5.41) is 0. The van der Waals surface area contributed by atoms with Crippen LogP contribution in [0.4, 0.5) is 0 Å². The van der Waals surface area contributed by atoms with Gasteiger partial charge in [0.2, 0.25) is 0 Å². The highest BCUT2D eigenvalue weighted by molar-refractivity contribution is 6.72. The number of rotatable bonds is 30. The van der Waals surface area contributed by atoms with Crippen LogP contribution < -0.4 is 0 Å². The van der Waals surface area contributed by atoms with Gasteiger partial charge in [-0.15, -0.1) is 0 Å². The largest absolute Gasteiger partial charge is 0.432 e. The van der Waals surface area contributed by atoms with E-state index in [2.05, 4.69) is 62.3 Å². The molecule has 44 heavy (non-hydrogen) atoms. The summed E-state index contributed by atoms with van der Waals surface area (Å²) in [5.41, 5.74) is 1.49. The Kier molecular flexibility index (Phi) is 26.3. The summed E-state index contributed by atoms with van der Waals surface area (Å²) in [6.07, 6.45) is 37.3. The Bertz CT molecular complexity index is 521. The molecular formula is C42H88OSi. The van der Waals surface area contributed by atoms with E-state index >= 15 is 0 Å². The van der Waals surface area contributed by atoms with Crippen LogP contribution in [-0.2, 0) is 0 Å². The lowest BCUT2D eigenvalue weighted by atomic mass is 9.89. The highest BCUT2D eigenvalue weighted by atomic mass is 28.4. The van der Waals surface area contributed by atoms with Gasteiger partial charge >= 0.3 is 0 Å². The Morgan fingerprint density at radius 2 is 0.432 bits per heavy atom. The third-order valence-electron chi connectivity index (χ3n) is 9.96. The highest BCUT2D eigenvalue weighted by Gasteiger charge is 2.29. The summed E-state index contributed by atoms with van der Waals surface area (Å²) < 4.78 is 0. The fraction of sp³-hybridized carbons (Fsp3) is 1.00. The van der Waals surface area contributed by atoms with Crippen LogP contribution in [0.5, 0.6) is 0 Å². The summed E-state index contributed by atoms with van der Waals surface area (Å²) in [5.74, 6) is 0. The zero-order valence-corrected chi connectivity index (χ0v) is 33.7. The summed E-state index contributed by atoms with van der Waals surface area (Å²) in [4.78, 5) is 11.8. The van der Waals surface area contributed by atoms with Crippen molar-refractivity contribution in [2.45, 2.75) is 254 Å². The van der Waals surface area contributed by atoms with Crippen molar-refractivity contribution in [2.24, 2.45) is 16.2 Å². The molecule has 0 amide bonds.